The molecule has 0 bridgehead atoms. The summed E-state index contributed by atoms with van der Waals surface area (Å²) in [5.74, 6) is 0.357. The number of sulfonamides is 1. The molecule has 20 heavy (non-hydrogen) atoms. The van der Waals surface area contributed by atoms with E-state index in [1.807, 2.05) is 13.0 Å². The van der Waals surface area contributed by atoms with Gasteiger partial charge in [0.1, 0.15) is 5.82 Å². The van der Waals surface area contributed by atoms with Gasteiger partial charge in [0, 0.05) is 0 Å². The minimum absolute atomic E-state index is 0.188. The number of nitriles is 1. The zero-order chi connectivity index (χ0) is 14.8. The Kier molecular flexibility index (Phi) is 3.97. The first-order chi connectivity index (χ1) is 9.46. The van der Waals surface area contributed by atoms with E-state index >= 15 is 0 Å². The van der Waals surface area contributed by atoms with Gasteiger partial charge in [-0.25, -0.2) is 8.42 Å². The van der Waals surface area contributed by atoms with E-state index < -0.39 is 10.0 Å². The Morgan fingerprint density at radius 3 is 2.60 bits per heavy atom. The largest absolute Gasteiger partial charge is 0.385 e. The van der Waals surface area contributed by atoms with E-state index in [9.17, 15) is 8.42 Å². The van der Waals surface area contributed by atoms with Gasteiger partial charge < -0.3 is 5.73 Å². The predicted molar refractivity (Wildman–Crippen MR) is 74.3 cm³/mol. The van der Waals surface area contributed by atoms with Crippen LogP contribution in [-0.2, 0) is 10.0 Å². The smallest absolute Gasteiger partial charge is 0.260 e. The van der Waals surface area contributed by atoms with Crippen molar-refractivity contribution in [2.75, 3.05) is 13.1 Å². The Morgan fingerprint density at radius 2 is 2.00 bits per heavy atom. The Bertz CT molecular complexity index is 659. The van der Waals surface area contributed by atoms with Crippen LogP contribution < -0.4 is 5.73 Å². The normalized spacial score (nSPS) is 16.0. The quantitative estimate of drug-likeness (QED) is 0.891. The molecule has 0 fully saturated rings. The zero-order valence-electron chi connectivity index (χ0n) is 11.2. The topological polar surface area (TPSA) is 90.4 Å². The van der Waals surface area contributed by atoms with Crippen LogP contribution in [-0.4, -0.2) is 30.9 Å². The van der Waals surface area contributed by atoms with Crippen LogP contribution in [0.4, 0.5) is 0 Å². The molecule has 0 atom stereocenters. The number of nitrogens with two attached hydrogens (primary N) is 1. The van der Waals surface area contributed by atoms with Crippen LogP contribution in [0.3, 0.4) is 0 Å². The predicted octanol–water partition coefficient (Wildman–Crippen LogP) is 0.930. The van der Waals surface area contributed by atoms with Crippen LogP contribution in [0, 0.1) is 18.3 Å². The van der Waals surface area contributed by atoms with Gasteiger partial charge in [-0.1, -0.05) is 17.7 Å². The molecule has 6 nitrogen and oxygen atoms in total. The third-order valence-electron chi connectivity index (χ3n) is 3.06. The molecule has 0 amide bonds. The molecule has 0 aromatic heterocycles. The third kappa shape index (κ3) is 2.61. The first kappa shape index (κ1) is 14.4. The molecule has 1 aromatic rings. The summed E-state index contributed by atoms with van der Waals surface area (Å²) in [5.41, 5.74) is 6.77. The average molecular weight is 292 g/mol. The fourth-order valence-corrected chi connectivity index (χ4v) is 3.39. The molecule has 0 saturated heterocycles. The highest BCUT2D eigenvalue weighted by Crippen LogP contribution is 2.23. The maximum atomic E-state index is 12.6. The van der Waals surface area contributed by atoms with E-state index in [1.165, 1.54) is 9.42 Å². The number of hydrazine groups is 1. The summed E-state index contributed by atoms with van der Waals surface area (Å²) >= 11 is 0. The Labute approximate surface area is 118 Å². The third-order valence-corrected chi connectivity index (χ3v) is 4.82. The van der Waals surface area contributed by atoms with Crippen molar-refractivity contribution in [3.05, 3.63) is 41.7 Å². The minimum Gasteiger partial charge on any atom is -0.385 e. The van der Waals surface area contributed by atoms with Crippen LogP contribution in [0.2, 0.25) is 0 Å². The van der Waals surface area contributed by atoms with Gasteiger partial charge in [0.25, 0.3) is 10.0 Å². The van der Waals surface area contributed by atoms with Crippen molar-refractivity contribution in [1.29, 1.82) is 5.26 Å². The first-order valence-electron chi connectivity index (χ1n) is 6.16. The molecule has 0 unspecified atom stereocenters. The van der Waals surface area contributed by atoms with Crippen molar-refractivity contribution in [1.82, 2.24) is 9.42 Å². The second-order valence-corrected chi connectivity index (χ2v) is 6.33. The molecule has 0 radical (unpaired) electrons. The van der Waals surface area contributed by atoms with Crippen LogP contribution >= 0.6 is 0 Å². The second kappa shape index (κ2) is 5.53. The summed E-state index contributed by atoms with van der Waals surface area (Å²) < 4.78 is 26.4. The van der Waals surface area contributed by atoms with Crippen molar-refractivity contribution in [2.45, 2.75) is 18.2 Å². The highest BCUT2D eigenvalue weighted by atomic mass is 32.2. The van der Waals surface area contributed by atoms with E-state index in [0.717, 1.165) is 5.56 Å². The molecule has 1 aromatic carbocycles. The summed E-state index contributed by atoms with van der Waals surface area (Å²) in [7, 11) is -3.65. The maximum Gasteiger partial charge on any atom is 0.260 e. The van der Waals surface area contributed by atoms with Crippen molar-refractivity contribution >= 4 is 10.0 Å². The molecule has 1 aliphatic rings. The van der Waals surface area contributed by atoms with Gasteiger partial charge in [0.05, 0.1) is 30.5 Å². The highest BCUT2D eigenvalue weighted by molar-refractivity contribution is 7.89. The van der Waals surface area contributed by atoms with Gasteiger partial charge in [-0.2, -0.15) is 5.26 Å². The van der Waals surface area contributed by atoms with Gasteiger partial charge in [0.2, 0.25) is 0 Å². The highest BCUT2D eigenvalue weighted by Gasteiger charge is 2.33. The van der Waals surface area contributed by atoms with E-state index in [1.54, 1.807) is 30.3 Å². The SMILES string of the molecule is Cc1ccc(S(=O)(=O)N2CC=C(N)N2CCC#N)cc1. The average Bonchev–Trinajstić information content (AvgIpc) is 2.79. The Morgan fingerprint density at radius 1 is 1.35 bits per heavy atom. The number of nitrogens with zero attached hydrogens (tertiary/aromatic N) is 3. The van der Waals surface area contributed by atoms with Gasteiger partial charge >= 0.3 is 0 Å². The molecule has 106 valence electrons. The molecule has 2 N–H and O–H groups in total. The number of benzene rings is 1. The van der Waals surface area contributed by atoms with Crippen LogP contribution in [0.5, 0.6) is 0 Å². The molecule has 1 aliphatic heterocycles. The fourth-order valence-electron chi connectivity index (χ4n) is 1.96. The fraction of sp³-hybridized carbons (Fsp3) is 0.308. The molecular weight excluding hydrogens is 276 g/mol. The first-order valence-corrected chi connectivity index (χ1v) is 7.60. The lowest BCUT2D eigenvalue weighted by atomic mass is 10.2. The monoisotopic (exact) mass is 292 g/mol. The summed E-state index contributed by atoms with van der Waals surface area (Å²) in [6.45, 7) is 2.34. The Hall–Kier alpha value is -2.04. The van der Waals surface area contributed by atoms with E-state index in [0.29, 0.717) is 5.82 Å². The number of aryl methyl sites for hydroxylation is 1. The molecule has 0 spiro atoms. The van der Waals surface area contributed by atoms with E-state index in [-0.39, 0.29) is 24.4 Å². The van der Waals surface area contributed by atoms with Crippen LogP contribution in [0.25, 0.3) is 0 Å². The summed E-state index contributed by atoms with van der Waals surface area (Å²) in [6.07, 6.45) is 1.83. The van der Waals surface area contributed by atoms with Gasteiger partial charge in [-0.3, -0.25) is 5.01 Å². The molecular formula is C13H16N4O2S. The lowest BCUT2D eigenvalue weighted by Gasteiger charge is -2.29. The van der Waals surface area contributed by atoms with Gasteiger partial charge in [-0.05, 0) is 25.1 Å². The summed E-state index contributed by atoms with van der Waals surface area (Å²) in [5, 5.41) is 10.1. The zero-order valence-corrected chi connectivity index (χ0v) is 12.0. The van der Waals surface area contributed by atoms with Crippen LogP contribution in [0.1, 0.15) is 12.0 Å². The van der Waals surface area contributed by atoms with Crippen molar-refractivity contribution in [3.63, 3.8) is 0 Å². The molecule has 1 heterocycles. The summed E-state index contributed by atoms with van der Waals surface area (Å²) in [4.78, 5) is 0.216. The van der Waals surface area contributed by atoms with Crippen LogP contribution in [0.15, 0.2) is 41.1 Å². The number of rotatable bonds is 4. The molecule has 2 rings (SSSR count). The minimum atomic E-state index is -3.65. The van der Waals surface area contributed by atoms with E-state index in [2.05, 4.69) is 0 Å². The molecule has 0 aliphatic carbocycles. The summed E-state index contributed by atoms with van der Waals surface area (Å²) in [6, 6.07) is 8.63. The molecule has 0 saturated carbocycles. The van der Waals surface area contributed by atoms with Gasteiger partial charge in [0.15, 0.2) is 0 Å². The Balaban J connectivity index is 2.30. The standard InChI is InChI=1S/C13H16N4O2S/c1-11-3-5-12(6-4-11)20(18,19)17-10-7-13(15)16(17)9-2-8-14/h3-7H,2,9-10,15H2,1H3. The lowest BCUT2D eigenvalue weighted by molar-refractivity contribution is 0.138. The maximum absolute atomic E-state index is 12.6. The van der Waals surface area contributed by atoms with Gasteiger partial charge in [-0.15, -0.1) is 4.41 Å². The number of hydrogen-bond donors (Lipinski definition) is 1. The van der Waals surface area contributed by atoms with Crippen molar-refractivity contribution in [2.24, 2.45) is 5.73 Å². The van der Waals surface area contributed by atoms with Crippen molar-refractivity contribution < 1.29 is 8.42 Å². The molecule has 7 heteroatoms. The number of hydrogen-bond acceptors (Lipinski definition) is 5. The second-order valence-electron chi connectivity index (χ2n) is 4.48. The van der Waals surface area contributed by atoms with Crippen molar-refractivity contribution in [3.8, 4) is 6.07 Å². The van der Waals surface area contributed by atoms with E-state index in [4.69, 9.17) is 11.0 Å². The lowest BCUT2D eigenvalue weighted by Crippen LogP contribution is -2.43.